The van der Waals surface area contributed by atoms with Gasteiger partial charge in [0.05, 0.1) is 6.04 Å². The van der Waals surface area contributed by atoms with Gasteiger partial charge in [-0.2, -0.15) is 0 Å². The zero-order chi connectivity index (χ0) is 15.0. The molecule has 1 atom stereocenters. The maximum atomic E-state index is 11.7. The molecule has 116 valence electrons. The second kappa shape index (κ2) is 8.95. The summed E-state index contributed by atoms with van der Waals surface area (Å²) in [6.45, 7) is 4.74. The molecule has 0 bridgehead atoms. The molecular formula is C15H29N3O2. The second-order valence-electron chi connectivity index (χ2n) is 6.12. The Balaban J connectivity index is 2.08. The summed E-state index contributed by atoms with van der Waals surface area (Å²) in [5, 5.41) is 5.60. The van der Waals surface area contributed by atoms with Crippen LogP contribution in [0.4, 0.5) is 0 Å². The fraction of sp³-hybridized carbons (Fsp3) is 0.867. The van der Waals surface area contributed by atoms with Gasteiger partial charge in [-0.1, -0.05) is 33.1 Å². The van der Waals surface area contributed by atoms with Gasteiger partial charge in [-0.15, -0.1) is 0 Å². The van der Waals surface area contributed by atoms with Crippen LogP contribution in [0, 0.1) is 11.8 Å². The molecule has 1 fully saturated rings. The minimum atomic E-state index is -0.479. The smallest absolute Gasteiger partial charge is 0.237 e. The lowest BCUT2D eigenvalue weighted by atomic mass is 9.87. The molecule has 0 aromatic rings. The number of carbonyl (C=O) groups excluding carboxylic acids is 2. The molecule has 1 aliphatic carbocycles. The fourth-order valence-electron chi connectivity index (χ4n) is 2.53. The van der Waals surface area contributed by atoms with E-state index in [1.54, 1.807) is 0 Å². The monoisotopic (exact) mass is 283 g/mol. The maximum Gasteiger partial charge on any atom is 0.237 e. The van der Waals surface area contributed by atoms with E-state index in [9.17, 15) is 9.59 Å². The Hall–Kier alpha value is -1.10. The average molecular weight is 283 g/mol. The molecule has 5 heteroatoms. The number of carbonyl (C=O) groups is 2. The molecule has 20 heavy (non-hydrogen) atoms. The lowest BCUT2D eigenvalue weighted by Gasteiger charge is -2.21. The van der Waals surface area contributed by atoms with Crippen molar-refractivity contribution < 1.29 is 9.59 Å². The van der Waals surface area contributed by atoms with Crippen molar-refractivity contribution in [2.45, 2.75) is 58.4 Å². The van der Waals surface area contributed by atoms with Gasteiger partial charge < -0.3 is 16.4 Å². The van der Waals surface area contributed by atoms with Crippen LogP contribution in [0.3, 0.4) is 0 Å². The maximum absolute atomic E-state index is 11.7. The van der Waals surface area contributed by atoms with Gasteiger partial charge in [0.1, 0.15) is 0 Å². The first-order valence-corrected chi connectivity index (χ1v) is 7.80. The molecule has 1 saturated carbocycles. The summed E-state index contributed by atoms with van der Waals surface area (Å²) in [6, 6.07) is -0.479. The predicted molar refractivity (Wildman–Crippen MR) is 80.0 cm³/mol. The molecule has 0 aromatic heterocycles. The number of hydrogen-bond donors (Lipinski definition) is 3. The molecule has 1 rings (SSSR count). The van der Waals surface area contributed by atoms with E-state index >= 15 is 0 Å². The number of amides is 2. The Kier molecular flexibility index (Phi) is 7.59. The van der Waals surface area contributed by atoms with Gasteiger partial charge in [-0.25, -0.2) is 0 Å². The predicted octanol–water partition coefficient (Wildman–Crippen LogP) is 1.17. The van der Waals surface area contributed by atoms with Crippen molar-refractivity contribution in [1.82, 2.24) is 10.6 Å². The highest BCUT2D eigenvalue weighted by Crippen LogP contribution is 2.25. The summed E-state index contributed by atoms with van der Waals surface area (Å²) >= 11 is 0. The standard InChI is InChI=1S/C15H29N3O2/c1-11(2)14(16)15(20)18-9-8-17-13(19)10-12-6-4-3-5-7-12/h11-12,14H,3-10,16H2,1-2H3,(H,17,19)(H,18,20)/t14-/m0/s1. The first kappa shape index (κ1) is 17.0. The molecule has 2 amide bonds. The van der Waals surface area contributed by atoms with Gasteiger partial charge in [0, 0.05) is 19.5 Å². The van der Waals surface area contributed by atoms with E-state index in [4.69, 9.17) is 5.73 Å². The zero-order valence-electron chi connectivity index (χ0n) is 12.8. The van der Waals surface area contributed by atoms with Crippen molar-refractivity contribution in [3.05, 3.63) is 0 Å². The molecule has 1 aliphatic rings. The molecule has 0 spiro atoms. The van der Waals surface area contributed by atoms with Crippen LogP contribution in [0.5, 0.6) is 0 Å². The summed E-state index contributed by atoms with van der Waals surface area (Å²) in [5.41, 5.74) is 5.73. The number of rotatable bonds is 7. The van der Waals surface area contributed by atoms with Crippen LogP contribution >= 0.6 is 0 Å². The molecule has 4 N–H and O–H groups in total. The lowest BCUT2D eigenvalue weighted by molar-refractivity contribution is -0.124. The topological polar surface area (TPSA) is 84.2 Å². The molecule has 0 radical (unpaired) electrons. The number of nitrogens with two attached hydrogens (primary N) is 1. The summed E-state index contributed by atoms with van der Waals surface area (Å²) in [4.78, 5) is 23.3. The fourth-order valence-corrected chi connectivity index (χ4v) is 2.53. The first-order valence-electron chi connectivity index (χ1n) is 7.80. The summed E-state index contributed by atoms with van der Waals surface area (Å²) in [6.07, 6.45) is 6.78. The van der Waals surface area contributed by atoms with E-state index in [-0.39, 0.29) is 17.7 Å². The number of nitrogens with one attached hydrogen (secondary N) is 2. The van der Waals surface area contributed by atoms with Crippen molar-refractivity contribution in [3.8, 4) is 0 Å². The highest BCUT2D eigenvalue weighted by atomic mass is 16.2. The van der Waals surface area contributed by atoms with Crippen LogP contribution in [-0.4, -0.2) is 30.9 Å². The van der Waals surface area contributed by atoms with Crippen molar-refractivity contribution in [2.75, 3.05) is 13.1 Å². The molecule has 0 heterocycles. The minimum absolute atomic E-state index is 0.0966. The van der Waals surface area contributed by atoms with Gasteiger partial charge in [0.25, 0.3) is 0 Å². The van der Waals surface area contributed by atoms with E-state index in [1.165, 1.54) is 32.1 Å². The Morgan fingerprint density at radius 3 is 2.30 bits per heavy atom. The quantitative estimate of drug-likeness (QED) is 0.613. The van der Waals surface area contributed by atoms with Crippen molar-refractivity contribution in [1.29, 1.82) is 0 Å². The van der Waals surface area contributed by atoms with Crippen LogP contribution in [0.2, 0.25) is 0 Å². The molecule has 0 aliphatic heterocycles. The van der Waals surface area contributed by atoms with E-state index in [2.05, 4.69) is 10.6 Å². The summed E-state index contributed by atoms with van der Waals surface area (Å²) in [5.74, 6) is 0.615. The lowest BCUT2D eigenvalue weighted by Crippen LogP contribution is -2.46. The van der Waals surface area contributed by atoms with Crippen molar-refractivity contribution in [2.24, 2.45) is 17.6 Å². The zero-order valence-corrected chi connectivity index (χ0v) is 12.8. The Bertz CT molecular complexity index is 312. The van der Waals surface area contributed by atoms with E-state index in [0.29, 0.717) is 25.4 Å². The van der Waals surface area contributed by atoms with Crippen molar-refractivity contribution >= 4 is 11.8 Å². The van der Waals surface area contributed by atoms with E-state index in [1.807, 2.05) is 13.8 Å². The Labute approximate surface area is 122 Å². The van der Waals surface area contributed by atoms with Crippen LogP contribution in [-0.2, 0) is 9.59 Å². The Morgan fingerprint density at radius 1 is 1.10 bits per heavy atom. The van der Waals surface area contributed by atoms with Crippen molar-refractivity contribution in [3.63, 3.8) is 0 Å². The third-order valence-electron chi connectivity index (χ3n) is 3.97. The Morgan fingerprint density at radius 2 is 1.70 bits per heavy atom. The van der Waals surface area contributed by atoms with Crippen LogP contribution in [0.25, 0.3) is 0 Å². The first-order chi connectivity index (χ1) is 9.50. The molecule has 0 unspecified atom stereocenters. The molecular weight excluding hydrogens is 254 g/mol. The van der Waals surface area contributed by atoms with Gasteiger partial charge >= 0.3 is 0 Å². The van der Waals surface area contributed by atoms with Gasteiger partial charge in [0.2, 0.25) is 11.8 Å². The molecule has 0 aromatic carbocycles. The number of hydrogen-bond acceptors (Lipinski definition) is 3. The van der Waals surface area contributed by atoms with Crippen LogP contribution in [0.1, 0.15) is 52.4 Å². The average Bonchev–Trinajstić information content (AvgIpc) is 2.43. The highest BCUT2D eigenvalue weighted by molar-refractivity contribution is 5.81. The van der Waals surface area contributed by atoms with Gasteiger partial charge in [-0.05, 0) is 24.7 Å². The van der Waals surface area contributed by atoms with Gasteiger partial charge in [0.15, 0.2) is 0 Å². The van der Waals surface area contributed by atoms with E-state index in [0.717, 1.165) is 0 Å². The largest absolute Gasteiger partial charge is 0.354 e. The molecule has 0 saturated heterocycles. The molecule has 5 nitrogen and oxygen atoms in total. The SMILES string of the molecule is CC(C)[C@H](N)C(=O)NCCNC(=O)CC1CCCCC1. The van der Waals surface area contributed by atoms with Gasteiger partial charge in [-0.3, -0.25) is 9.59 Å². The van der Waals surface area contributed by atoms with Crippen LogP contribution < -0.4 is 16.4 Å². The third kappa shape index (κ3) is 6.37. The third-order valence-corrected chi connectivity index (χ3v) is 3.97. The summed E-state index contributed by atoms with van der Waals surface area (Å²) in [7, 11) is 0. The summed E-state index contributed by atoms with van der Waals surface area (Å²) < 4.78 is 0. The minimum Gasteiger partial charge on any atom is -0.354 e. The van der Waals surface area contributed by atoms with Crippen LogP contribution in [0.15, 0.2) is 0 Å². The normalized spacial score (nSPS) is 17.8. The second-order valence-corrected chi connectivity index (χ2v) is 6.12. The van der Waals surface area contributed by atoms with E-state index < -0.39 is 6.04 Å². The highest BCUT2D eigenvalue weighted by Gasteiger charge is 2.18.